The molecule has 6 N–H and O–H groups in total. The Morgan fingerprint density at radius 1 is 0.286 bits per heavy atom. The molecule has 0 bridgehead atoms. The van der Waals surface area contributed by atoms with Crippen molar-refractivity contribution < 1.29 is 53.9 Å². The van der Waals surface area contributed by atoms with Crippen LogP contribution in [-0.2, 0) is 21.1 Å². The zero-order valence-corrected chi connectivity index (χ0v) is 5.10. The maximum absolute atomic E-state index is 0. The van der Waals surface area contributed by atoms with E-state index >= 15 is 0 Å². The predicted octanol–water partition coefficient (Wildman–Crippen LogP) is -1.06. The molecule has 48 valence electrons. The Hall–Kier alpha value is 0.448. The third kappa shape index (κ3) is 635. The number of rotatable bonds is 0. The minimum Gasteiger partial charge on any atom is -0.870 e. The molecule has 0 aromatic heterocycles. The molecule has 0 unspecified atom stereocenters. The maximum atomic E-state index is 0. The molecule has 0 radical (unpaired) electrons. The van der Waals surface area contributed by atoms with Crippen molar-refractivity contribution in [2.24, 2.45) is 0 Å². The Labute approximate surface area is 54.6 Å². The molecule has 0 spiro atoms. The van der Waals surface area contributed by atoms with Gasteiger partial charge in [-0.25, -0.2) is 0 Å². The Morgan fingerprint density at radius 2 is 0.286 bits per heavy atom. The minimum absolute atomic E-state index is 0. The summed E-state index contributed by atoms with van der Waals surface area (Å²) < 4.78 is 0. The number of hydrogen-bond acceptors (Lipinski definition) is 6. The molecule has 7 heteroatoms. The van der Waals surface area contributed by atoms with Crippen LogP contribution >= 0.6 is 0 Å². The molecule has 0 fully saturated rings. The molecule has 6 nitrogen and oxygen atoms in total. The first kappa shape index (κ1) is 1540. The van der Waals surface area contributed by atoms with Gasteiger partial charge in [0.25, 0.3) is 0 Å². The first-order valence-corrected chi connectivity index (χ1v) is 0. The van der Waals surface area contributed by atoms with Crippen molar-refractivity contribution in [1.82, 2.24) is 0 Å². The minimum atomic E-state index is 0. The Morgan fingerprint density at radius 3 is 0.286 bits per heavy atom. The summed E-state index contributed by atoms with van der Waals surface area (Å²) in [5.74, 6) is 0. The van der Waals surface area contributed by atoms with Gasteiger partial charge in [-0.1, -0.05) is 0 Å². The van der Waals surface area contributed by atoms with E-state index in [0.29, 0.717) is 0 Å². The van der Waals surface area contributed by atoms with Crippen molar-refractivity contribution in [2.75, 3.05) is 0 Å². The van der Waals surface area contributed by atoms with Crippen molar-refractivity contribution in [3.8, 4) is 0 Å². The fourth-order valence-corrected chi connectivity index (χ4v) is 0. The van der Waals surface area contributed by atoms with Crippen molar-refractivity contribution in [3.05, 3.63) is 0 Å². The molecule has 7 heavy (non-hydrogen) atoms. The van der Waals surface area contributed by atoms with Crippen LogP contribution in [0.5, 0.6) is 0 Å². The van der Waals surface area contributed by atoms with Gasteiger partial charge in [-0.3, -0.25) is 0 Å². The SMILES string of the molecule is [Mo+6].[OH-].[OH-].[OH-].[OH-].[OH-].[OH-]. The zero-order valence-electron chi connectivity index (χ0n) is 3.09. The van der Waals surface area contributed by atoms with E-state index in [1.54, 1.807) is 0 Å². The molecular weight excluding hydrogens is 192 g/mol. The smallest absolute Gasteiger partial charge is 0.870 e. The second-order valence-electron chi connectivity index (χ2n) is 0. The molecule has 0 aromatic rings. The predicted molar refractivity (Wildman–Crippen MR) is 11.6 cm³/mol. The van der Waals surface area contributed by atoms with Crippen molar-refractivity contribution in [2.45, 2.75) is 0 Å². The van der Waals surface area contributed by atoms with Gasteiger partial charge in [-0.2, -0.15) is 0 Å². The largest absolute Gasteiger partial charge is 6.00 e. The van der Waals surface area contributed by atoms with Gasteiger partial charge in [0.1, 0.15) is 0 Å². The Balaban J connectivity index is 0. The fourth-order valence-electron chi connectivity index (χ4n) is 0. The molecule has 0 heterocycles. The molecule has 0 aliphatic carbocycles. The Kier molecular flexibility index (Phi) is 210000. The van der Waals surface area contributed by atoms with Gasteiger partial charge in [0.05, 0.1) is 0 Å². The van der Waals surface area contributed by atoms with E-state index in [4.69, 9.17) is 0 Å². The molecule has 0 rings (SSSR count). The summed E-state index contributed by atoms with van der Waals surface area (Å²) in [7, 11) is 0. The van der Waals surface area contributed by atoms with E-state index in [0.717, 1.165) is 0 Å². The molecule has 0 saturated heterocycles. The van der Waals surface area contributed by atoms with E-state index < -0.39 is 0 Å². The molecular formula is H6MoO6. The van der Waals surface area contributed by atoms with Crippen molar-refractivity contribution >= 4 is 0 Å². The summed E-state index contributed by atoms with van der Waals surface area (Å²) in [6, 6.07) is 0. The average Bonchev–Trinajstić information content (AvgIpc) is 0. The van der Waals surface area contributed by atoms with Gasteiger partial charge in [-0.05, 0) is 0 Å². The van der Waals surface area contributed by atoms with Crippen LogP contribution in [0, 0.1) is 0 Å². The number of hydrogen-bond donors (Lipinski definition) is 0. The van der Waals surface area contributed by atoms with E-state index in [2.05, 4.69) is 0 Å². The van der Waals surface area contributed by atoms with Crippen LogP contribution in [0.25, 0.3) is 0 Å². The van der Waals surface area contributed by atoms with Gasteiger partial charge in [-0.15, -0.1) is 0 Å². The van der Waals surface area contributed by atoms with Gasteiger partial charge >= 0.3 is 21.1 Å². The summed E-state index contributed by atoms with van der Waals surface area (Å²) >= 11 is 0. The van der Waals surface area contributed by atoms with Crippen LogP contribution in [0.2, 0.25) is 0 Å². The maximum Gasteiger partial charge on any atom is 6.00 e. The van der Waals surface area contributed by atoms with Crippen LogP contribution in [0.1, 0.15) is 0 Å². The van der Waals surface area contributed by atoms with Crippen LogP contribution in [0.15, 0.2) is 0 Å². The quantitative estimate of drug-likeness (QED) is 0.446. The summed E-state index contributed by atoms with van der Waals surface area (Å²) in [5, 5.41) is 0. The fraction of sp³-hybridized carbons (Fsp3) is 0. The normalized spacial score (nSPS) is 0. The van der Waals surface area contributed by atoms with Gasteiger partial charge in [0, 0.05) is 0 Å². The van der Waals surface area contributed by atoms with Gasteiger partial charge in [0.2, 0.25) is 0 Å². The molecule has 0 atom stereocenters. The van der Waals surface area contributed by atoms with E-state index in [9.17, 15) is 0 Å². The molecule has 0 aliphatic rings. The summed E-state index contributed by atoms with van der Waals surface area (Å²) in [6.45, 7) is 0. The summed E-state index contributed by atoms with van der Waals surface area (Å²) in [5.41, 5.74) is 0. The molecule has 0 aromatic carbocycles. The zero-order chi connectivity index (χ0) is 0. The third-order valence-electron chi connectivity index (χ3n) is 0. The van der Waals surface area contributed by atoms with Crippen LogP contribution in [0.3, 0.4) is 0 Å². The summed E-state index contributed by atoms with van der Waals surface area (Å²) in [6.07, 6.45) is 0. The third-order valence-corrected chi connectivity index (χ3v) is 0. The van der Waals surface area contributed by atoms with E-state index in [1.807, 2.05) is 0 Å². The monoisotopic (exact) mass is 200 g/mol. The molecule has 0 aliphatic heterocycles. The topological polar surface area (TPSA) is 180 Å². The van der Waals surface area contributed by atoms with Crippen LogP contribution in [-0.4, -0.2) is 32.9 Å². The second-order valence-corrected chi connectivity index (χ2v) is 0. The van der Waals surface area contributed by atoms with Crippen LogP contribution < -0.4 is 0 Å². The van der Waals surface area contributed by atoms with E-state index in [1.165, 1.54) is 0 Å². The average molecular weight is 198 g/mol. The molecule has 0 saturated carbocycles. The van der Waals surface area contributed by atoms with Crippen molar-refractivity contribution in [1.29, 1.82) is 0 Å². The second kappa shape index (κ2) is 952. The first-order chi connectivity index (χ1) is 0. The Bertz CT molecular complexity index is 4.14. The van der Waals surface area contributed by atoms with Crippen LogP contribution in [0.4, 0.5) is 0 Å². The van der Waals surface area contributed by atoms with E-state index in [-0.39, 0.29) is 53.9 Å². The molecule has 0 amide bonds. The first-order valence-electron chi connectivity index (χ1n) is 0. The standard InChI is InChI=1S/Mo.6H2O/h;6*1H2/q+6;;;;;;/p-6. The summed E-state index contributed by atoms with van der Waals surface area (Å²) in [4.78, 5) is 0. The van der Waals surface area contributed by atoms with Crippen molar-refractivity contribution in [3.63, 3.8) is 0 Å². The van der Waals surface area contributed by atoms with Gasteiger partial charge in [0.15, 0.2) is 0 Å². The van der Waals surface area contributed by atoms with Gasteiger partial charge < -0.3 is 32.9 Å².